The van der Waals surface area contributed by atoms with Crippen molar-refractivity contribution in [2.75, 3.05) is 0 Å². The van der Waals surface area contributed by atoms with Gasteiger partial charge in [0.25, 0.3) is 0 Å². The first-order valence-corrected chi connectivity index (χ1v) is 6.78. The minimum atomic E-state index is 0.760. The summed E-state index contributed by atoms with van der Waals surface area (Å²) in [6, 6.07) is 16.9. The van der Waals surface area contributed by atoms with Crippen LogP contribution in [0.15, 0.2) is 54.7 Å². The lowest BCUT2D eigenvalue weighted by molar-refractivity contribution is 0.675. The van der Waals surface area contributed by atoms with Gasteiger partial charge in [0.05, 0.1) is 5.69 Å². The van der Waals surface area contributed by atoms with Crippen molar-refractivity contribution >= 4 is 10.8 Å². The van der Waals surface area contributed by atoms with Crippen LogP contribution >= 0.6 is 0 Å². The molecule has 0 spiro atoms. The molecule has 0 unspecified atom stereocenters. The molecule has 3 rings (SSSR count). The number of benzene rings is 2. The molecular weight excluding hydrogens is 246 g/mol. The lowest BCUT2D eigenvalue weighted by atomic mass is 10.1. The average Bonchev–Trinajstić information content (AvgIpc) is 2.47. The predicted molar refractivity (Wildman–Crippen MR) is 81.3 cm³/mol. The summed E-state index contributed by atoms with van der Waals surface area (Å²) in [7, 11) is 0. The van der Waals surface area contributed by atoms with E-state index < -0.39 is 0 Å². The van der Waals surface area contributed by atoms with Crippen LogP contribution in [0.5, 0.6) is 0 Å². The summed E-state index contributed by atoms with van der Waals surface area (Å²) in [5.74, 6) is 0.815. The molecule has 3 heteroatoms. The molecule has 0 saturated heterocycles. The van der Waals surface area contributed by atoms with E-state index in [0.717, 1.165) is 24.6 Å². The van der Waals surface area contributed by atoms with Gasteiger partial charge in [-0.05, 0) is 35.4 Å². The highest BCUT2D eigenvalue weighted by Crippen LogP contribution is 2.15. The normalized spacial score (nSPS) is 10.8. The van der Waals surface area contributed by atoms with Crippen LogP contribution in [0.4, 0.5) is 0 Å². The lowest BCUT2D eigenvalue weighted by Gasteiger charge is -2.06. The number of aryl methyl sites for hydroxylation is 1. The van der Waals surface area contributed by atoms with Gasteiger partial charge in [0.1, 0.15) is 5.82 Å². The standard InChI is InChI=1S/C17H17N3/c1-13-19-9-8-17(20-13)12-18-11-14-6-7-15-4-2-3-5-16(15)10-14/h2-10,18H,11-12H2,1H3. The largest absolute Gasteiger partial charge is 0.307 e. The van der Waals surface area contributed by atoms with Crippen LogP contribution in [0.2, 0.25) is 0 Å². The highest BCUT2D eigenvalue weighted by Gasteiger charge is 1.98. The van der Waals surface area contributed by atoms with Crippen molar-refractivity contribution in [2.24, 2.45) is 0 Å². The molecule has 0 aliphatic heterocycles. The molecule has 1 heterocycles. The van der Waals surface area contributed by atoms with E-state index >= 15 is 0 Å². The average molecular weight is 263 g/mol. The summed E-state index contributed by atoms with van der Waals surface area (Å²) in [6.45, 7) is 3.51. The summed E-state index contributed by atoms with van der Waals surface area (Å²) < 4.78 is 0. The molecule has 0 aliphatic carbocycles. The van der Waals surface area contributed by atoms with Crippen molar-refractivity contribution in [1.82, 2.24) is 15.3 Å². The molecule has 3 nitrogen and oxygen atoms in total. The van der Waals surface area contributed by atoms with Crippen molar-refractivity contribution < 1.29 is 0 Å². The van der Waals surface area contributed by atoms with Crippen LogP contribution in [0.3, 0.4) is 0 Å². The Hall–Kier alpha value is -2.26. The maximum Gasteiger partial charge on any atom is 0.125 e. The highest BCUT2D eigenvalue weighted by molar-refractivity contribution is 5.82. The third kappa shape index (κ3) is 3.00. The molecule has 0 aliphatic rings. The number of hydrogen-bond donors (Lipinski definition) is 1. The van der Waals surface area contributed by atoms with Gasteiger partial charge in [-0.25, -0.2) is 9.97 Å². The number of hydrogen-bond acceptors (Lipinski definition) is 3. The van der Waals surface area contributed by atoms with Gasteiger partial charge in [0.2, 0.25) is 0 Å². The molecule has 0 bridgehead atoms. The molecule has 0 fully saturated rings. The minimum Gasteiger partial charge on any atom is -0.307 e. The molecule has 0 amide bonds. The number of fused-ring (bicyclic) bond motifs is 1. The summed E-state index contributed by atoms with van der Waals surface area (Å²) in [5.41, 5.74) is 2.31. The van der Waals surface area contributed by atoms with E-state index in [4.69, 9.17) is 0 Å². The molecule has 20 heavy (non-hydrogen) atoms. The van der Waals surface area contributed by atoms with E-state index in [0.29, 0.717) is 0 Å². The number of aromatic nitrogens is 2. The molecule has 1 aromatic heterocycles. The smallest absolute Gasteiger partial charge is 0.125 e. The maximum absolute atomic E-state index is 4.38. The molecule has 3 aromatic rings. The zero-order chi connectivity index (χ0) is 13.8. The molecule has 2 aromatic carbocycles. The monoisotopic (exact) mass is 263 g/mol. The summed E-state index contributed by atoms with van der Waals surface area (Å²) in [4.78, 5) is 8.48. The second kappa shape index (κ2) is 5.80. The topological polar surface area (TPSA) is 37.8 Å². The molecular formula is C17H17N3. The molecule has 1 N–H and O–H groups in total. The Labute approximate surface area is 118 Å². The van der Waals surface area contributed by atoms with E-state index in [9.17, 15) is 0 Å². The Morgan fingerprint density at radius 2 is 1.80 bits per heavy atom. The fourth-order valence-electron chi connectivity index (χ4n) is 2.29. The SMILES string of the molecule is Cc1nccc(CNCc2ccc3ccccc3c2)n1. The fraction of sp³-hybridized carbons (Fsp3) is 0.176. The van der Waals surface area contributed by atoms with Gasteiger partial charge in [-0.2, -0.15) is 0 Å². The first-order valence-electron chi connectivity index (χ1n) is 6.78. The van der Waals surface area contributed by atoms with Crippen molar-refractivity contribution in [1.29, 1.82) is 0 Å². The van der Waals surface area contributed by atoms with Crippen LogP contribution < -0.4 is 5.32 Å². The second-order valence-corrected chi connectivity index (χ2v) is 4.88. The summed E-state index contributed by atoms with van der Waals surface area (Å²) >= 11 is 0. The van der Waals surface area contributed by atoms with E-state index in [2.05, 4.69) is 57.7 Å². The van der Waals surface area contributed by atoms with Crippen molar-refractivity contribution in [3.63, 3.8) is 0 Å². The summed E-state index contributed by atoms with van der Waals surface area (Å²) in [6.07, 6.45) is 1.80. The van der Waals surface area contributed by atoms with Crippen LogP contribution in [0, 0.1) is 6.92 Å². The number of nitrogens with zero attached hydrogens (tertiary/aromatic N) is 2. The zero-order valence-corrected chi connectivity index (χ0v) is 11.5. The third-order valence-corrected chi connectivity index (χ3v) is 3.28. The fourth-order valence-corrected chi connectivity index (χ4v) is 2.29. The molecule has 0 radical (unpaired) electrons. The Morgan fingerprint density at radius 1 is 0.950 bits per heavy atom. The Balaban J connectivity index is 1.65. The van der Waals surface area contributed by atoms with E-state index in [1.807, 2.05) is 13.0 Å². The van der Waals surface area contributed by atoms with Crippen molar-refractivity contribution in [2.45, 2.75) is 20.0 Å². The summed E-state index contributed by atoms with van der Waals surface area (Å²) in [5, 5.41) is 5.98. The van der Waals surface area contributed by atoms with E-state index in [1.54, 1.807) is 6.20 Å². The molecule has 0 saturated carbocycles. The molecule has 0 atom stereocenters. The van der Waals surface area contributed by atoms with Gasteiger partial charge in [0, 0.05) is 19.3 Å². The maximum atomic E-state index is 4.38. The van der Waals surface area contributed by atoms with Crippen LogP contribution in [-0.2, 0) is 13.1 Å². The van der Waals surface area contributed by atoms with Crippen molar-refractivity contribution in [3.05, 3.63) is 71.8 Å². The van der Waals surface area contributed by atoms with Crippen LogP contribution in [0.25, 0.3) is 10.8 Å². The Bertz CT molecular complexity index is 722. The van der Waals surface area contributed by atoms with Gasteiger partial charge < -0.3 is 5.32 Å². The lowest BCUT2D eigenvalue weighted by Crippen LogP contribution is -2.14. The third-order valence-electron chi connectivity index (χ3n) is 3.28. The van der Waals surface area contributed by atoms with Crippen LogP contribution in [-0.4, -0.2) is 9.97 Å². The second-order valence-electron chi connectivity index (χ2n) is 4.88. The van der Waals surface area contributed by atoms with Crippen LogP contribution in [0.1, 0.15) is 17.1 Å². The molecule has 100 valence electrons. The minimum absolute atomic E-state index is 0.760. The Kier molecular flexibility index (Phi) is 3.70. The quantitative estimate of drug-likeness (QED) is 0.785. The first kappa shape index (κ1) is 12.8. The first-order chi connectivity index (χ1) is 9.81. The van der Waals surface area contributed by atoms with Gasteiger partial charge in [-0.15, -0.1) is 0 Å². The van der Waals surface area contributed by atoms with Gasteiger partial charge in [-0.1, -0.05) is 36.4 Å². The van der Waals surface area contributed by atoms with Crippen molar-refractivity contribution in [3.8, 4) is 0 Å². The zero-order valence-electron chi connectivity index (χ0n) is 11.5. The highest BCUT2D eigenvalue weighted by atomic mass is 14.9. The van der Waals surface area contributed by atoms with Gasteiger partial charge in [0.15, 0.2) is 0 Å². The van der Waals surface area contributed by atoms with Gasteiger partial charge in [-0.3, -0.25) is 0 Å². The van der Waals surface area contributed by atoms with E-state index in [1.165, 1.54) is 16.3 Å². The van der Waals surface area contributed by atoms with E-state index in [-0.39, 0.29) is 0 Å². The van der Waals surface area contributed by atoms with Gasteiger partial charge >= 0.3 is 0 Å². The predicted octanol–water partition coefficient (Wildman–Crippen LogP) is 3.23. The number of rotatable bonds is 4. The number of nitrogens with one attached hydrogen (secondary N) is 1. The Morgan fingerprint density at radius 3 is 2.65 bits per heavy atom.